The topological polar surface area (TPSA) is 24.5 Å². The standard InChI is InChI=1S/C17H30N2O/c1-7-17(4,19(5)6)16(18-8-2)14-10-12-15(13-11-14)20-9-3/h10-13,16,18H,7-9H2,1-6H3. The van der Waals surface area contributed by atoms with Crippen LogP contribution in [0.5, 0.6) is 5.75 Å². The molecule has 0 bridgehead atoms. The van der Waals surface area contributed by atoms with E-state index in [4.69, 9.17) is 4.74 Å². The van der Waals surface area contributed by atoms with Crippen molar-refractivity contribution in [2.75, 3.05) is 27.2 Å². The van der Waals surface area contributed by atoms with Crippen LogP contribution in [0.1, 0.15) is 45.7 Å². The average Bonchev–Trinajstić information content (AvgIpc) is 2.45. The maximum Gasteiger partial charge on any atom is 0.119 e. The zero-order chi connectivity index (χ0) is 15.2. The van der Waals surface area contributed by atoms with Crippen LogP contribution < -0.4 is 10.1 Å². The van der Waals surface area contributed by atoms with Crippen molar-refractivity contribution in [3.8, 4) is 5.75 Å². The van der Waals surface area contributed by atoms with E-state index >= 15 is 0 Å². The van der Waals surface area contributed by atoms with Gasteiger partial charge < -0.3 is 15.0 Å². The van der Waals surface area contributed by atoms with Crippen LogP contribution in [-0.2, 0) is 0 Å². The minimum absolute atomic E-state index is 0.0864. The summed E-state index contributed by atoms with van der Waals surface area (Å²) in [5.74, 6) is 0.939. The zero-order valence-corrected chi connectivity index (χ0v) is 13.9. The molecule has 20 heavy (non-hydrogen) atoms. The van der Waals surface area contributed by atoms with E-state index < -0.39 is 0 Å². The maximum atomic E-state index is 5.53. The molecule has 0 saturated carbocycles. The summed E-state index contributed by atoms with van der Waals surface area (Å²) >= 11 is 0. The van der Waals surface area contributed by atoms with E-state index in [-0.39, 0.29) is 5.54 Å². The van der Waals surface area contributed by atoms with E-state index in [1.54, 1.807) is 0 Å². The molecule has 0 saturated heterocycles. The Labute approximate surface area is 124 Å². The lowest BCUT2D eigenvalue weighted by Crippen LogP contribution is -2.51. The SMILES string of the molecule is CCNC(c1ccc(OCC)cc1)C(C)(CC)N(C)C. The van der Waals surface area contributed by atoms with Crippen LogP contribution in [-0.4, -0.2) is 37.7 Å². The number of nitrogens with zero attached hydrogens (tertiary/aromatic N) is 1. The molecular weight excluding hydrogens is 248 g/mol. The van der Waals surface area contributed by atoms with E-state index in [0.717, 1.165) is 18.7 Å². The Kier molecular flexibility index (Phi) is 6.50. The molecule has 3 heteroatoms. The summed E-state index contributed by atoms with van der Waals surface area (Å²) in [5, 5.41) is 3.64. The summed E-state index contributed by atoms with van der Waals surface area (Å²) in [4.78, 5) is 2.32. The third kappa shape index (κ3) is 3.74. The van der Waals surface area contributed by atoms with E-state index in [2.05, 4.69) is 69.3 Å². The van der Waals surface area contributed by atoms with E-state index in [9.17, 15) is 0 Å². The molecule has 1 N–H and O–H groups in total. The van der Waals surface area contributed by atoms with Crippen LogP contribution in [0, 0.1) is 0 Å². The van der Waals surface area contributed by atoms with Crippen LogP contribution in [0.4, 0.5) is 0 Å². The van der Waals surface area contributed by atoms with Gasteiger partial charge in [-0.25, -0.2) is 0 Å². The molecule has 2 unspecified atom stereocenters. The van der Waals surface area contributed by atoms with Gasteiger partial charge in [0.1, 0.15) is 5.75 Å². The Balaban J connectivity index is 3.06. The molecule has 0 aromatic heterocycles. The van der Waals surface area contributed by atoms with Gasteiger partial charge in [-0.15, -0.1) is 0 Å². The van der Waals surface area contributed by atoms with Crippen LogP contribution in [0.3, 0.4) is 0 Å². The molecule has 0 spiro atoms. The monoisotopic (exact) mass is 278 g/mol. The highest BCUT2D eigenvalue weighted by Crippen LogP contribution is 2.33. The van der Waals surface area contributed by atoms with Crippen molar-refractivity contribution in [2.45, 2.75) is 45.7 Å². The van der Waals surface area contributed by atoms with Gasteiger partial charge in [0.2, 0.25) is 0 Å². The second-order valence-electron chi connectivity index (χ2n) is 5.60. The van der Waals surface area contributed by atoms with Gasteiger partial charge in [-0.1, -0.05) is 26.0 Å². The molecule has 3 nitrogen and oxygen atoms in total. The number of likely N-dealkylation sites (N-methyl/N-ethyl adjacent to an activating group) is 2. The lowest BCUT2D eigenvalue weighted by molar-refractivity contribution is 0.113. The highest BCUT2D eigenvalue weighted by atomic mass is 16.5. The Morgan fingerprint density at radius 2 is 1.75 bits per heavy atom. The minimum Gasteiger partial charge on any atom is -0.494 e. The lowest BCUT2D eigenvalue weighted by Gasteiger charge is -2.43. The Hall–Kier alpha value is -1.06. The van der Waals surface area contributed by atoms with E-state index in [0.29, 0.717) is 12.6 Å². The Bertz CT molecular complexity index is 388. The number of hydrogen-bond donors (Lipinski definition) is 1. The first kappa shape index (κ1) is 17.0. The molecule has 0 aliphatic heterocycles. The molecule has 0 amide bonds. The molecule has 0 heterocycles. The molecule has 1 rings (SSSR count). The second-order valence-corrected chi connectivity index (χ2v) is 5.60. The van der Waals surface area contributed by atoms with Crippen LogP contribution in [0.15, 0.2) is 24.3 Å². The molecule has 0 aliphatic carbocycles. The number of benzene rings is 1. The van der Waals surface area contributed by atoms with Gasteiger partial charge >= 0.3 is 0 Å². The molecule has 1 aromatic carbocycles. The van der Waals surface area contributed by atoms with Gasteiger partial charge in [0, 0.05) is 5.54 Å². The predicted molar refractivity (Wildman–Crippen MR) is 86.4 cm³/mol. The first-order valence-electron chi connectivity index (χ1n) is 7.63. The summed E-state index contributed by atoms with van der Waals surface area (Å²) in [7, 11) is 4.31. The first-order chi connectivity index (χ1) is 9.49. The van der Waals surface area contributed by atoms with Gasteiger partial charge in [0.25, 0.3) is 0 Å². The summed E-state index contributed by atoms with van der Waals surface area (Å²) in [6.07, 6.45) is 1.09. The summed E-state index contributed by atoms with van der Waals surface area (Å²) in [6.45, 7) is 10.4. The minimum atomic E-state index is 0.0864. The summed E-state index contributed by atoms with van der Waals surface area (Å²) in [6, 6.07) is 8.79. The van der Waals surface area contributed by atoms with E-state index in [1.807, 2.05) is 6.92 Å². The first-order valence-corrected chi connectivity index (χ1v) is 7.63. The summed E-state index contributed by atoms with van der Waals surface area (Å²) in [5.41, 5.74) is 1.40. The normalized spacial score (nSPS) is 15.9. The number of rotatable bonds is 8. The highest BCUT2D eigenvalue weighted by molar-refractivity contribution is 5.31. The molecule has 2 atom stereocenters. The van der Waals surface area contributed by atoms with Crippen molar-refractivity contribution < 1.29 is 4.74 Å². The van der Waals surface area contributed by atoms with Crippen molar-refractivity contribution in [3.63, 3.8) is 0 Å². The van der Waals surface area contributed by atoms with Crippen molar-refractivity contribution in [1.82, 2.24) is 10.2 Å². The van der Waals surface area contributed by atoms with E-state index in [1.165, 1.54) is 5.56 Å². The molecule has 0 fully saturated rings. The largest absolute Gasteiger partial charge is 0.494 e. The molecule has 114 valence electrons. The quantitative estimate of drug-likeness (QED) is 0.788. The molecule has 1 aromatic rings. The second kappa shape index (κ2) is 7.65. The Morgan fingerprint density at radius 3 is 2.15 bits per heavy atom. The third-order valence-corrected chi connectivity index (χ3v) is 4.29. The smallest absolute Gasteiger partial charge is 0.119 e. The van der Waals surface area contributed by atoms with Crippen molar-refractivity contribution in [3.05, 3.63) is 29.8 Å². The van der Waals surface area contributed by atoms with Crippen molar-refractivity contribution in [1.29, 1.82) is 0 Å². The van der Waals surface area contributed by atoms with Gasteiger partial charge in [-0.3, -0.25) is 0 Å². The molecule has 0 radical (unpaired) electrons. The van der Waals surface area contributed by atoms with Crippen molar-refractivity contribution >= 4 is 0 Å². The van der Waals surface area contributed by atoms with Gasteiger partial charge in [-0.05, 0) is 58.6 Å². The van der Waals surface area contributed by atoms with Crippen LogP contribution in [0.25, 0.3) is 0 Å². The van der Waals surface area contributed by atoms with Gasteiger partial charge in [0.05, 0.1) is 12.6 Å². The highest BCUT2D eigenvalue weighted by Gasteiger charge is 2.35. The fourth-order valence-corrected chi connectivity index (χ4v) is 2.60. The van der Waals surface area contributed by atoms with Gasteiger partial charge in [0.15, 0.2) is 0 Å². The Morgan fingerprint density at radius 1 is 1.15 bits per heavy atom. The number of ether oxygens (including phenoxy) is 1. The molecular formula is C17H30N2O. The maximum absolute atomic E-state index is 5.53. The van der Waals surface area contributed by atoms with Crippen LogP contribution in [0.2, 0.25) is 0 Å². The average molecular weight is 278 g/mol. The third-order valence-electron chi connectivity index (χ3n) is 4.29. The lowest BCUT2D eigenvalue weighted by atomic mass is 9.83. The predicted octanol–water partition coefficient (Wildman–Crippen LogP) is 3.47. The fraction of sp³-hybridized carbons (Fsp3) is 0.647. The van der Waals surface area contributed by atoms with Gasteiger partial charge in [-0.2, -0.15) is 0 Å². The van der Waals surface area contributed by atoms with Crippen LogP contribution >= 0.6 is 0 Å². The fourth-order valence-electron chi connectivity index (χ4n) is 2.60. The summed E-state index contributed by atoms with van der Waals surface area (Å²) < 4.78 is 5.53. The van der Waals surface area contributed by atoms with Crippen molar-refractivity contribution in [2.24, 2.45) is 0 Å². The molecule has 0 aliphatic rings. The number of nitrogens with one attached hydrogen (secondary N) is 1. The number of hydrogen-bond acceptors (Lipinski definition) is 3. The zero-order valence-electron chi connectivity index (χ0n) is 13.9.